The van der Waals surface area contributed by atoms with Crippen LogP contribution in [0.5, 0.6) is 5.75 Å². The Morgan fingerprint density at radius 1 is 1.24 bits per heavy atom. The second-order valence-corrected chi connectivity index (χ2v) is 9.31. The molecular formula is C22H25ClN2O9. The number of hydrogen-bond donors (Lipinski definition) is 7. The Morgan fingerprint density at radius 2 is 1.82 bits per heavy atom. The zero-order valence-corrected chi connectivity index (χ0v) is 19.2. The molecule has 0 bridgehead atoms. The van der Waals surface area contributed by atoms with Gasteiger partial charge in [0, 0.05) is 17.4 Å². The van der Waals surface area contributed by atoms with Gasteiger partial charge in [-0.1, -0.05) is 17.7 Å². The van der Waals surface area contributed by atoms with Crippen molar-refractivity contribution >= 4 is 29.3 Å². The third kappa shape index (κ3) is 3.52. The number of Topliss-reactive ketones (excluding diaryl/α,β-unsaturated/α-hetero) is 1. The number of nitrogens with zero attached hydrogens (tertiary/aromatic N) is 1. The highest BCUT2D eigenvalue weighted by molar-refractivity contribution is 6.32. The molecule has 1 amide bonds. The van der Waals surface area contributed by atoms with Crippen molar-refractivity contribution in [1.29, 1.82) is 0 Å². The lowest BCUT2D eigenvalue weighted by molar-refractivity contribution is -0.139. The molecule has 0 radical (unpaired) electrons. The molecule has 0 saturated heterocycles. The van der Waals surface area contributed by atoms with Crippen molar-refractivity contribution in [2.45, 2.75) is 30.6 Å². The van der Waals surface area contributed by atoms with E-state index in [2.05, 4.69) is 0 Å². The van der Waals surface area contributed by atoms with Crippen molar-refractivity contribution in [3.05, 3.63) is 51.4 Å². The first-order valence-electron chi connectivity index (χ1n) is 10.1. The number of aliphatic hydroxyl groups is 4. The minimum atomic E-state index is -2.56. The first kappa shape index (κ1) is 25.5. The molecule has 3 rings (SSSR count). The van der Waals surface area contributed by atoms with E-state index >= 15 is 0 Å². The lowest BCUT2D eigenvalue weighted by Gasteiger charge is -2.50. The lowest BCUT2D eigenvalue weighted by Crippen LogP contribution is -2.62. The zero-order chi connectivity index (χ0) is 25.9. The number of hydrogen-bond acceptors (Lipinski definition) is 9. The number of halogens is 1. The average Bonchev–Trinajstić information content (AvgIpc) is 2.71. The number of phenols is 1. The summed E-state index contributed by atoms with van der Waals surface area (Å²) in [6.45, 7) is 1.24. The maximum absolute atomic E-state index is 13.0. The van der Waals surface area contributed by atoms with E-state index in [-0.39, 0.29) is 17.0 Å². The molecule has 8 N–H and O–H groups in total. The van der Waals surface area contributed by atoms with Crippen LogP contribution in [0.3, 0.4) is 0 Å². The fourth-order valence-corrected chi connectivity index (χ4v) is 5.10. The quantitative estimate of drug-likeness (QED) is 0.282. The van der Waals surface area contributed by atoms with Crippen LogP contribution in [-0.2, 0) is 15.2 Å². The van der Waals surface area contributed by atoms with Gasteiger partial charge >= 0.3 is 5.97 Å². The maximum atomic E-state index is 13.0. The normalized spacial score (nSPS) is 28.9. The van der Waals surface area contributed by atoms with E-state index in [4.69, 9.17) is 17.3 Å². The number of carboxylic acids is 1. The van der Waals surface area contributed by atoms with Gasteiger partial charge < -0.3 is 36.4 Å². The van der Waals surface area contributed by atoms with E-state index in [1.54, 1.807) is 0 Å². The van der Waals surface area contributed by atoms with E-state index in [0.717, 1.165) is 6.08 Å². The number of fused-ring (bicyclic) bond motifs is 1. The molecule has 0 aliphatic heterocycles. The van der Waals surface area contributed by atoms with Crippen LogP contribution in [-0.4, -0.2) is 78.9 Å². The van der Waals surface area contributed by atoms with E-state index in [0.29, 0.717) is 0 Å². The summed E-state index contributed by atoms with van der Waals surface area (Å²) >= 11 is 5.83. The molecule has 11 nitrogen and oxygen atoms in total. The Bertz CT molecular complexity index is 1160. The van der Waals surface area contributed by atoms with Crippen LogP contribution in [0.15, 0.2) is 35.3 Å². The molecule has 0 heterocycles. The second-order valence-electron chi connectivity index (χ2n) is 8.90. The Kier molecular flexibility index (Phi) is 6.21. The van der Waals surface area contributed by atoms with E-state index < -0.39 is 75.1 Å². The fraction of sp³-hybridized carbons (Fsp3) is 0.409. The van der Waals surface area contributed by atoms with Crippen LogP contribution in [0.25, 0.3) is 0 Å². The van der Waals surface area contributed by atoms with Crippen molar-refractivity contribution in [1.82, 2.24) is 4.90 Å². The van der Waals surface area contributed by atoms with Gasteiger partial charge in [-0.2, -0.15) is 0 Å². The van der Waals surface area contributed by atoms with Gasteiger partial charge in [0.15, 0.2) is 11.4 Å². The molecule has 5 atom stereocenters. The number of likely N-dealkylation sites (N-methyl/N-ethyl adjacent to an activating group) is 1. The summed E-state index contributed by atoms with van der Waals surface area (Å²) in [6, 6.07) is 1.15. The number of nitrogens with two attached hydrogens (primary N) is 1. The van der Waals surface area contributed by atoms with Crippen LogP contribution < -0.4 is 5.73 Å². The Morgan fingerprint density at radius 3 is 2.32 bits per heavy atom. The molecule has 1 aromatic carbocycles. The van der Waals surface area contributed by atoms with Gasteiger partial charge in [-0.15, -0.1) is 0 Å². The predicted octanol–water partition coefficient (Wildman–Crippen LogP) is 0.571. The molecule has 0 aromatic heterocycles. The molecular weight excluding hydrogens is 472 g/mol. The minimum absolute atomic E-state index is 0.234. The van der Waals surface area contributed by atoms with Crippen molar-refractivity contribution in [3.8, 4) is 5.75 Å². The molecule has 0 spiro atoms. The smallest absolute Gasteiger partial charge is 0.339 e. The van der Waals surface area contributed by atoms with Crippen LogP contribution in [0.2, 0.25) is 5.02 Å². The number of carbonyl (C=O) groups is 3. The lowest BCUT2D eigenvalue weighted by atomic mass is 9.61. The summed E-state index contributed by atoms with van der Waals surface area (Å²) in [5, 5.41) is 63.7. The van der Waals surface area contributed by atoms with Crippen molar-refractivity contribution in [3.63, 3.8) is 0 Å². The van der Waals surface area contributed by atoms with Gasteiger partial charge in [-0.05, 0) is 39.6 Å². The van der Waals surface area contributed by atoms with E-state index in [9.17, 15) is 45.0 Å². The van der Waals surface area contributed by atoms with E-state index in [1.807, 2.05) is 0 Å². The SMILES string of the molecule is CN(C)[C@@H]1C(=O)C(C(N)=O)=C(O)[C@@]2(O)C(O)=C[C@@H]([C@](C)(O)c3ccc(Cl)c(O)c3C(=O)O)C[C@@H]12. The molecule has 0 unspecified atom stereocenters. The summed E-state index contributed by atoms with van der Waals surface area (Å²) in [7, 11) is 2.96. The first-order valence-corrected chi connectivity index (χ1v) is 10.5. The van der Waals surface area contributed by atoms with Crippen LogP contribution >= 0.6 is 11.6 Å². The third-order valence-electron chi connectivity index (χ3n) is 6.70. The van der Waals surface area contributed by atoms with Crippen molar-refractivity contribution in [2.24, 2.45) is 17.6 Å². The molecule has 34 heavy (non-hydrogen) atoms. The molecule has 0 fully saturated rings. The predicted molar refractivity (Wildman–Crippen MR) is 118 cm³/mol. The molecule has 2 aliphatic carbocycles. The zero-order valence-electron chi connectivity index (χ0n) is 18.5. The highest BCUT2D eigenvalue weighted by Crippen LogP contribution is 2.51. The number of ketones is 1. The maximum Gasteiger partial charge on any atom is 0.339 e. The number of aromatic hydroxyl groups is 1. The van der Waals surface area contributed by atoms with Crippen LogP contribution in [0, 0.1) is 11.8 Å². The highest BCUT2D eigenvalue weighted by atomic mass is 35.5. The molecule has 1 aromatic rings. The number of aliphatic hydroxyl groups excluding tert-OH is 2. The Hall–Kier alpha value is -3.12. The molecule has 12 heteroatoms. The van der Waals surface area contributed by atoms with Gasteiger partial charge in [-0.25, -0.2) is 4.79 Å². The number of primary amides is 1. The Labute approximate surface area is 199 Å². The topological polar surface area (TPSA) is 202 Å². The second kappa shape index (κ2) is 8.27. The van der Waals surface area contributed by atoms with Gasteiger partial charge in [-0.3, -0.25) is 14.5 Å². The summed E-state index contributed by atoms with van der Waals surface area (Å²) in [5.41, 5.74) is -1.12. The van der Waals surface area contributed by atoms with Gasteiger partial charge in [0.25, 0.3) is 5.91 Å². The largest absolute Gasteiger partial charge is 0.509 e. The molecule has 2 aliphatic rings. The van der Waals surface area contributed by atoms with E-state index in [1.165, 1.54) is 38.1 Å². The van der Waals surface area contributed by atoms with Crippen LogP contribution in [0.4, 0.5) is 0 Å². The number of benzene rings is 1. The number of aromatic carboxylic acids is 1. The molecule has 184 valence electrons. The first-order chi connectivity index (χ1) is 15.6. The summed E-state index contributed by atoms with van der Waals surface area (Å²) in [4.78, 5) is 38.1. The number of carbonyl (C=O) groups excluding carboxylic acids is 2. The summed E-state index contributed by atoms with van der Waals surface area (Å²) in [5.74, 6) is -8.85. The summed E-state index contributed by atoms with van der Waals surface area (Å²) < 4.78 is 0. The summed E-state index contributed by atoms with van der Waals surface area (Å²) in [6.07, 6.45) is 0.756. The highest BCUT2D eigenvalue weighted by Gasteiger charge is 2.61. The fourth-order valence-electron chi connectivity index (χ4n) is 4.94. The standard InChI is InChI=1S/C22H25ClN2O9/c1-21(33,9-4-5-11(23)16(27)13(9)20(31)32)8-6-10-15(25(2)3)17(28)14(19(24)30)18(29)22(10,34)12(26)7-8/h4-5,7-8,10,15,26-27,29,33-34H,6H2,1-3H3,(H2,24,30)(H,31,32)/t8-,10-,15-,21-,22-/m0/s1. The number of carboxylic acid groups (broad SMARTS) is 1. The van der Waals surface area contributed by atoms with Gasteiger partial charge in [0.2, 0.25) is 0 Å². The van der Waals surface area contributed by atoms with Gasteiger partial charge in [0.05, 0.1) is 16.7 Å². The van der Waals surface area contributed by atoms with Crippen molar-refractivity contribution in [2.75, 3.05) is 14.1 Å². The monoisotopic (exact) mass is 496 g/mol. The van der Waals surface area contributed by atoms with Crippen molar-refractivity contribution < 1.29 is 45.0 Å². The minimum Gasteiger partial charge on any atom is -0.509 e. The Balaban J connectivity index is 2.24. The van der Waals surface area contributed by atoms with Crippen LogP contribution in [0.1, 0.15) is 29.3 Å². The van der Waals surface area contributed by atoms with Gasteiger partial charge in [0.1, 0.15) is 28.4 Å². The average molecular weight is 497 g/mol. The number of amides is 1. The molecule has 0 saturated carbocycles. The number of rotatable bonds is 5. The third-order valence-corrected chi connectivity index (χ3v) is 7.01.